The van der Waals surface area contributed by atoms with Crippen molar-refractivity contribution in [3.63, 3.8) is 0 Å². The van der Waals surface area contributed by atoms with Crippen molar-refractivity contribution in [2.24, 2.45) is 0 Å². The maximum Gasteiger partial charge on any atom is -0.00940 e. The molecular weight excluding hydrogens is 192 g/mol. The van der Waals surface area contributed by atoms with Gasteiger partial charge in [0.25, 0.3) is 0 Å². The van der Waals surface area contributed by atoms with Crippen LogP contribution >= 0.6 is 0 Å². The van der Waals surface area contributed by atoms with Crippen LogP contribution in [0.25, 0.3) is 5.57 Å². The molecule has 0 atom stereocenters. The number of hydrogen-bond donors (Lipinski definition) is 0. The second kappa shape index (κ2) is 5.16. The van der Waals surface area contributed by atoms with Gasteiger partial charge in [0.1, 0.15) is 0 Å². The van der Waals surface area contributed by atoms with Crippen molar-refractivity contribution in [3.8, 4) is 0 Å². The monoisotopic (exact) mass is 212 g/mol. The molecular formula is C16H20. The van der Waals surface area contributed by atoms with Gasteiger partial charge in [0, 0.05) is 0 Å². The Morgan fingerprint density at radius 3 is 2.88 bits per heavy atom. The number of allylic oxidation sites excluding steroid dienone is 3. The zero-order valence-electron chi connectivity index (χ0n) is 10.1. The molecule has 0 spiro atoms. The van der Waals surface area contributed by atoms with E-state index in [-0.39, 0.29) is 0 Å². The van der Waals surface area contributed by atoms with E-state index in [9.17, 15) is 0 Å². The number of rotatable bonds is 3. The Hall–Kier alpha value is -1.30. The van der Waals surface area contributed by atoms with E-state index in [0.717, 1.165) is 6.42 Å². The van der Waals surface area contributed by atoms with E-state index in [1.54, 1.807) is 5.57 Å². The van der Waals surface area contributed by atoms with Gasteiger partial charge in [-0.2, -0.15) is 0 Å². The Balaban J connectivity index is 2.44. The first kappa shape index (κ1) is 11.2. The van der Waals surface area contributed by atoms with Gasteiger partial charge >= 0.3 is 0 Å². The van der Waals surface area contributed by atoms with E-state index in [4.69, 9.17) is 0 Å². The minimum atomic E-state index is 0.981. The molecule has 1 aromatic rings. The molecule has 0 saturated carbocycles. The highest BCUT2D eigenvalue weighted by Gasteiger charge is 2.11. The molecule has 0 N–H and O–H groups in total. The normalized spacial score (nSPS) is 15.7. The minimum absolute atomic E-state index is 0.981. The molecule has 2 rings (SSSR count). The Morgan fingerprint density at radius 2 is 2.19 bits per heavy atom. The SMILES string of the molecule is C=CCc1cccc(C)c1C1=CCCCC1. The van der Waals surface area contributed by atoms with Gasteiger partial charge in [-0.25, -0.2) is 0 Å². The van der Waals surface area contributed by atoms with E-state index in [1.165, 1.54) is 42.4 Å². The number of aryl methyl sites for hydroxylation is 1. The average molecular weight is 212 g/mol. The van der Waals surface area contributed by atoms with E-state index in [2.05, 4.69) is 37.8 Å². The standard InChI is InChI=1S/C16H20/c1-3-8-14-12-7-9-13(2)16(14)15-10-5-4-6-11-15/h3,7,9-10,12H,1,4-6,8,11H2,2H3. The quantitative estimate of drug-likeness (QED) is 0.638. The van der Waals surface area contributed by atoms with E-state index < -0.39 is 0 Å². The molecule has 0 radical (unpaired) electrons. The summed E-state index contributed by atoms with van der Waals surface area (Å²) in [5.74, 6) is 0. The molecule has 0 heterocycles. The summed E-state index contributed by atoms with van der Waals surface area (Å²) in [6.07, 6.45) is 10.6. The predicted octanol–water partition coefficient (Wildman–Crippen LogP) is 4.68. The fraction of sp³-hybridized carbons (Fsp3) is 0.375. The largest absolute Gasteiger partial charge is 0.103 e. The van der Waals surface area contributed by atoms with Gasteiger partial charge in [0.05, 0.1) is 0 Å². The smallest absolute Gasteiger partial charge is 0.00940 e. The van der Waals surface area contributed by atoms with E-state index >= 15 is 0 Å². The lowest BCUT2D eigenvalue weighted by molar-refractivity contribution is 0.741. The van der Waals surface area contributed by atoms with Gasteiger partial charge in [-0.05, 0) is 61.3 Å². The second-order valence-corrected chi connectivity index (χ2v) is 4.58. The van der Waals surface area contributed by atoms with Gasteiger partial charge in [0.2, 0.25) is 0 Å². The van der Waals surface area contributed by atoms with Gasteiger partial charge in [-0.15, -0.1) is 6.58 Å². The van der Waals surface area contributed by atoms with E-state index in [0.29, 0.717) is 0 Å². The molecule has 0 aliphatic heterocycles. The third-order valence-corrected chi connectivity index (χ3v) is 3.34. The van der Waals surface area contributed by atoms with Crippen molar-refractivity contribution in [1.29, 1.82) is 0 Å². The Kier molecular flexibility index (Phi) is 3.61. The lowest BCUT2D eigenvalue weighted by atomic mass is 9.87. The van der Waals surface area contributed by atoms with Crippen LogP contribution in [-0.4, -0.2) is 0 Å². The van der Waals surface area contributed by atoms with Crippen LogP contribution in [0.4, 0.5) is 0 Å². The lowest BCUT2D eigenvalue weighted by Gasteiger charge is -2.18. The van der Waals surface area contributed by atoms with Gasteiger partial charge in [-0.1, -0.05) is 30.4 Å². The predicted molar refractivity (Wildman–Crippen MR) is 71.5 cm³/mol. The maximum atomic E-state index is 3.85. The molecule has 84 valence electrons. The van der Waals surface area contributed by atoms with Crippen LogP contribution in [0.1, 0.15) is 42.4 Å². The highest BCUT2D eigenvalue weighted by atomic mass is 14.2. The van der Waals surface area contributed by atoms with Crippen molar-refractivity contribution in [2.75, 3.05) is 0 Å². The minimum Gasteiger partial charge on any atom is -0.103 e. The lowest BCUT2D eigenvalue weighted by Crippen LogP contribution is -1.99. The highest BCUT2D eigenvalue weighted by Crippen LogP contribution is 2.31. The van der Waals surface area contributed by atoms with Crippen molar-refractivity contribution in [2.45, 2.75) is 39.0 Å². The molecule has 0 nitrogen and oxygen atoms in total. The zero-order valence-corrected chi connectivity index (χ0v) is 10.1. The molecule has 0 bridgehead atoms. The summed E-state index contributed by atoms with van der Waals surface area (Å²) in [6, 6.07) is 6.61. The Labute approximate surface area is 98.7 Å². The summed E-state index contributed by atoms with van der Waals surface area (Å²) < 4.78 is 0. The van der Waals surface area contributed by atoms with Crippen LogP contribution < -0.4 is 0 Å². The molecule has 0 fully saturated rings. The number of hydrogen-bond acceptors (Lipinski definition) is 0. The van der Waals surface area contributed by atoms with Crippen LogP contribution in [-0.2, 0) is 6.42 Å². The van der Waals surface area contributed by atoms with Crippen LogP contribution in [0.5, 0.6) is 0 Å². The fourth-order valence-corrected chi connectivity index (χ4v) is 2.58. The molecule has 0 heteroatoms. The topological polar surface area (TPSA) is 0 Å². The Morgan fingerprint density at radius 1 is 1.31 bits per heavy atom. The summed E-state index contributed by atoms with van der Waals surface area (Å²) in [7, 11) is 0. The van der Waals surface area contributed by atoms with Crippen molar-refractivity contribution < 1.29 is 0 Å². The molecule has 1 aliphatic rings. The Bertz CT molecular complexity index is 410. The summed E-state index contributed by atoms with van der Waals surface area (Å²) in [5, 5.41) is 0. The molecule has 1 aromatic carbocycles. The molecule has 0 saturated heterocycles. The highest BCUT2D eigenvalue weighted by molar-refractivity contribution is 5.71. The first-order valence-corrected chi connectivity index (χ1v) is 6.21. The summed E-state index contributed by atoms with van der Waals surface area (Å²) in [4.78, 5) is 0. The third-order valence-electron chi connectivity index (χ3n) is 3.34. The zero-order chi connectivity index (χ0) is 11.4. The molecule has 16 heavy (non-hydrogen) atoms. The second-order valence-electron chi connectivity index (χ2n) is 4.58. The third kappa shape index (κ3) is 2.27. The van der Waals surface area contributed by atoms with Crippen molar-refractivity contribution >= 4 is 5.57 Å². The summed E-state index contributed by atoms with van der Waals surface area (Å²) in [6.45, 7) is 6.07. The fourth-order valence-electron chi connectivity index (χ4n) is 2.58. The molecule has 0 unspecified atom stereocenters. The number of benzene rings is 1. The van der Waals surface area contributed by atoms with Crippen LogP contribution in [0.2, 0.25) is 0 Å². The van der Waals surface area contributed by atoms with E-state index in [1.807, 2.05) is 6.08 Å². The van der Waals surface area contributed by atoms with Crippen LogP contribution in [0.15, 0.2) is 36.9 Å². The first-order valence-electron chi connectivity index (χ1n) is 6.21. The van der Waals surface area contributed by atoms with Gasteiger partial charge in [-0.3, -0.25) is 0 Å². The van der Waals surface area contributed by atoms with Gasteiger partial charge < -0.3 is 0 Å². The summed E-state index contributed by atoms with van der Waals surface area (Å²) in [5.41, 5.74) is 5.89. The maximum absolute atomic E-state index is 3.85. The van der Waals surface area contributed by atoms with Crippen molar-refractivity contribution in [1.82, 2.24) is 0 Å². The molecule has 0 amide bonds. The van der Waals surface area contributed by atoms with Gasteiger partial charge in [0.15, 0.2) is 0 Å². The molecule has 0 aromatic heterocycles. The average Bonchev–Trinajstić information content (AvgIpc) is 2.31. The van der Waals surface area contributed by atoms with Crippen molar-refractivity contribution in [3.05, 3.63) is 53.6 Å². The molecule has 1 aliphatic carbocycles. The van der Waals surface area contributed by atoms with Crippen LogP contribution in [0, 0.1) is 6.92 Å². The first-order chi connectivity index (χ1) is 7.83. The summed E-state index contributed by atoms with van der Waals surface area (Å²) >= 11 is 0. The van der Waals surface area contributed by atoms with Crippen LogP contribution in [0.3, 0.4) is 0 Å².